The molecule has 0 aromatic rings. The summed E-state index contributed by atoms with van der Waals surface area (Å²) >= 11 is 0. The van der Waals surface area contributed by atoms with Crippen LogP contribution in [0, 0.1) is 5.92 Å². The maximum atomic E-state index is 11.6. The zero-order chi connectivity index (χ0) is 13.1. The van der Waals surface area contributed by atoms with Crippen LogP contribution in [0.2, 0.25) is 0 Å². The Bertz CT molecular complexity index is 192. The van der Waals surface area contributed by atoms with E-state index in [-0.39, 0.29) is 5.91 Å². The predicted molar refractivity (Wildman–Crippen MR) is 71.1 cm³/mol. The van der Waals surface area contributed by atoms with E-state index in [0.29, 0.717) is 19.1 Å². The Kier molecular flexibility index (Phi) is 10.2. The third-order valence-corrected chi connectivity index (χ3v) is 2.66. The van der Waals surface area contributed by atoms with Crippen molar-refractivity contribution in [3.05, 3.63) is 0 Å². The molecular formula is C13H28N2O2. The summed E-state index contributed by atoms with van der Waals surface area (Å²) in [5, 5.41) is 3.11. The molecule has 4 nitrogen and oxygen atoms in total. The molecule has 0 aromatic heterocycles. The first-order valence-corrected chi connectivity index (χ1v) is 6.68. The second kappa shape index (κ2) is 10.5. The lowest BCUT2D eigenvalue weighted by Crippen LogP contribution is -2.38. The van der Waals surface area contributed by atoms with Crippen molar-refractivity contribution in [3.8, 4) is 0 Å². The second-order valence-corrected chi connectivity index (χ2v) is 4.54. The van der Waals surface area contributed by atoms with Crippen LogP contribution in [0.1, 0.15) is 34.1 Å². The highest BCUT2D eigenvalue weighted by Crippen LogP contribution is 1.98. The Balaban J connectivity index is 3.36. The first kappa shape index (κ1) is 16.4. The van der Waals surface area contributed by atoms with E-state index in [1.165, 1.54) is 0 Å². The van der Waals surface area contributed by atoms with Gasteiger partial charge in [0.1, 0.15) is 0 Å². The van der Waals surface area contributed by atoms with E-state index in [9.17, 15) is 4.79 Å². The summed E-state index contributed by atoms with van der Waals surface area (Å²) in [4.78, 5) is 13.4. The molecule has 0 aliphatic carbocycles. The van der Waals surface area contributed by atoms with Crippen LogP contribution in [0.4, 0.5) is 0 Å². The average Bonchev–Trinajstić information content (AvgIpc) is 2.29. The number of likely N-dealkylation sites (N-methyl/N-ethyl adjacent to an activating group) is 1. The Labute approximate surface area is 106 Å². The topological polar surface area (TPSA) is 41.6 Å². The Morgan fingerprint density at radius 2 is 1.88 bits per heavy atom. The van der Waals surface area contributed by atoms with Gasteiger partial charge in [-0.1, -0.05) is 13.8 Å². The highest BCUT2D eigenvalue weighted by atomic mass is 16.5. The fourth-order valence-electron chi connectivity index (χ4n) is 1.45. The summed E-state index contributed by atoms with van der Waals surface area (Å²) in [7, 11) is 0. The van der Waals surface area contributed by atoms with Crippen molar-refractivity contribution in [1.82, 2.24) is 10.2 Å². The number of hydrogen-bond donors (Lipinski definition) is 1. The molecule has 0 heterocycles. The molecule has 0 aromatic carbocycles. The summed E-state index contributed by atoms with van der Waals surface area (Å²) in [5.74, 6) is 0.851. The molecule has 0 unspecified atom stereocenters. The Morgan fingerprint density at radius 3 is 2.41 bits per heavy atom. The minimum Gasteiger partial charge on any atom is -0.380 e. The van der Waals surface area contributed by atoms with Gasteiger partial charge in [-0.15, -0.1) is 0 Å². The molecule has 0 fully saturated rings. The molecule has 1 amide bonds. The molecule has 0 radical (unpaired) electrons. The van der Waals surface area contributed by atoms with Gasteiger partial charge < -0.3 is 15.0 Å². The Morgan fingerprint density at radius 1 is 1.24 bits per heavy atom. The lowest BCUT2D eigenvalue weighted by atomic mass is 10.1. The van der Waals surface area contributed by atoms with Crippen LogP contribution < -0.4 is 5.32 Å². The SMILES string of the molecule is CCN(CC)C(=O)CNCCOCCC(C)C. The minimum absolute atomic E-state index is 0.164. The fourth-order valence-corrected chi connectivity index (χ4v) is 1.45. The first-order chi connectivity index (χ1) is 8.11. The number of hydrogen-bond acceptors (Lipinski definition) is 3. The fraction of sp³-hybridized carbons (Fsp3) is 0.923. The van der Waals surface area contributed by atoms with Gasteiger partial charge >= 0.3 is 0 Å². The van der Waals surface area contributed by atoms with E-state index in [1.54, 1.807) is 0 Å². The van der Waals surface area contributed by atoms with E-state index < -0.39 is 0 Å². The van der Waals surface area contributed by atoms with Crippen LogP contribution in [-0.2, 0) is 9.53 Å². The van der Waals surface area contributed by atoms with Crippen LogP contribution in [0.25, 0.3) is 0 Å². The van der Waals surface area contributed by atoms with Gasteiger partial charge in [-0.25, -0.2) is 0 Å². The van der Waals surface area contributed by atoms with E-state index in [1.807, 2.05) is 18.7 Å². The standard InChI is InChI=1S/C13H28N2O2/c1-5-15(6-2)13(16)11-14-8-10-17-9-7-12(3)4/h12,14H,5-11H2,1-4H3. The second-order valence-electron chi connectivity index (χ2n) is 4.54. The maximum Gasteiger partial charge on any atom is 0.236 e. The molecular weight excluding hydrogens is 216 g/mol. The Hall–Kier alpha value is -0.610. The molecule has 0 bridgehead atoms. The van der Waals surface area contributed by atoms with Crippen molar-refractivity contribution in [1.29, 1.82) is 0 Å². The van der Waals surface area contributed by atoms with Gasteiger partial charge in [0.25, 0.3) is 0 Å². The van der Waals surface area contributed by atoms with Gasteiger partial charge in [-0.05, 0) is 26.2 Å². The number of carbonyl (C=O) groups is 1. The van der Waals surface area contributed by atoms with Crippen molar-refractivity contribution < 1.29 is 9.53 Å². The number of nitrogens with zero attached hydrogens (tertiary/aromatic N) is 1. The van der Waals surface area contributed by atoms with Crippen molar-refractivity contribution in [3.63, 3.8) is 0 Å². The zero-order valence-electron chi connectivity index (χ0n) is 11.8. The van der Waals surface area contributed by atoms with Gasteiger partial charge in [-0.3, -0.25) is 4.79 Å². The highest BCUT2D eigenvalue weighted by Gasteiger charge is 2.07. The van der Waals surface area contributed by atoms with Gasteiger partial charge in [0.2, 0.25) is 5.91 Å². The summed E-state index contributed by atoms with van der Waals surface area (Å²) in [6.07, 6.45) is 1.10. The van der Waals surface area contributed by atoms with E-state index in [0.717, 1.165) is 32.7 Å². The monoisotopic (exact) mass is 244 g/mol. The van der Waals surface area contributed by atoms with Crippen LogP contribution in [0.5, 0.6) is 0 Å². The first-order valence-electron chi connectivity index (χ1n) is 6.68. The predicted octanol–water partition coefficient (Wildman–Crippen LogP) is 1.51. The molecule has 0 saturated carbocycles. The number of rotatable bonds is 10. The molecule has 0 atom stereocenters. The smallest absolute Gasteiger partial charge is 0.236 e. The molecule has 0 spiro atoms. The van der Waals surface area contributed by atoms with Gasteiger partial charge in [-0.2, -0.15) is 0 Å². The van der Waals surface area contributed by atoms with Crippen molar-refractivity contribution >= 4 is 5.91 Å². The maximum absolute atomic E-state index is 11.6. The van der Waals surface area contributed by atoms with E-state index in [4.69, 9.17) is 4.74 Å². The third kappa shape index (κ3) is 9.12. The molecule has 0 rings (SSSR count). The summed E-state index contributed by atoms with van der Waals surface area (Å²) in [6.45, 7) is 12.6. The molecule has 4 heteroatoms. The summed E-state index contributed by atoms with van der Waals surface area (Å²) in [5.41, 5.74) is 0. The number of carbonyl (C=O) groups excluding carboxylic acids is 1. The van der Waals surface area contributed by atoms with Crippen LogP contribution in [0.3, 0.4) is 0 Å². The lowest BCUT2D eigenvalue weighted by molar-refractivity contribution is -0.129. The van der Waals surface area contributed by atoms with Crippen LogP contribution in [-0.4, -0.2) is 50.2 Å². The normalized spacial score (nSPS) is 10.9. The average molecular weight is 244 g/mol. The van der Waals surface area contributed by atoms with E-state index >= 15 is 0 Å². The van der Waals surface area contributed by atoms with E-state index in [2.05, 4.69) is 19.2 Å². The highest BCUT2D eigenvalue weighted by molar-refractivity contribution is 5.78. The molecule has 102 valence electrons. The summed E-state index contributed by atoms with van der Waals surface area (Å²) < 4.78 is 5.45. The number of ether oxygens (including phenoxy) is 1. The summed E-state index contributed by atoms with van der Waals surface area (Å²) in [6, 6.07) is 0. The van der Waals surface area contributed by atoms with Crippen molar-refractivity contribution in [2.24, 2.45) is 5.92 Å². The van der Waals surface area contributed by atoms with Crippen LogP contribution in [0.15, 0.2) is 0 Å². The molecule has 17 heavy (non-hydrogen) atoms. The molecule has 0 aliphatic heterocycles. The van der Waals surface area contributed by atoms with Crippen molar-refractivity contribution in [2.75, 3.05) is 39.4 Å². The largest absolute Gasteiger partial charge is 0.380 e. The number of nitrogens with one attached hydrogen (secondary N) is 1. The molecule has 0 aliphatic rings. The van der Waals surface area contributed by atoms with Gasteiger partial charge in [0, 0.05) is 26.2 Å². The zero-order valence-corrected chi connectivity index (χ0v) is 11.8. The third-order valence-electron chi connectivity index (χ3n) is 2.66. The van der Waals surface area contributed by atoms with Gasteiger partial charge in [0.15, 0.2) is 0 Å². The van der Waals surface area contributed by atoms with Crippen molar-refractivity contribution in [2.45, 2.75) is 34.1 Å². The lowest BCUT2D eigenvalue weighted by Gasteiger charge is -2.18. The van der Waals surface area contributed by atoms with Crippen LogP contribution >= 0.6 is 0 Å². The minimum atomic E-state index is 0.164. The molecule has 0 saturated heterocycles. The molecule has 1 N–H and O–H groups in total. The quantitative estimate of drug-likeness (QED) is 0.592. The number of amides is 1. The van der Waals surface area contributed by atoms with Gasteiger partial charge in [0.05, 0.1) is 13.2 Å².